The Labute approximate surface area is 124 Å². The van der Waals surface area contributed by atoms with Crippen LogP contribution >= 0.6 is 0 Å². The molecule has 0 spiro atoms. The van der Waals surface area contributed by atoms with Gasteiger partial charge < -0.3 is 14.6 Å². The summed E-state index contributed by atoms with van der Waals surface area (Å²) in [4.78, 5) is 4.62. The molecule has 1 unspecified atom stereocenters. The van der Waals surface area contributed by atoms with E-state index in [-0.39, 0.29) is 5.41 Å². The van der Waals surface area contributed by atoms with Crippen molar-refractivity contribution in [2.24, 2.45) is 0 Å². The van der Waals surface area contributed by atoms with Crippen LogP contribution in [0.3, 0.4) is 0 Å². The van der Waals surface area contributed by atoms with Crippen molar-refractivity contribution in [1.29, 1.82) is 0 Å². The lowest BCUT2D eigenvalue weighted by Crippen LogP contribution is -2.34. The third-order valence-electron chi connectivity index (χ3n) is 4.20. The summed E-state index contributed by atoms with van der Waals surface area (Å²) in [7, 11) is 1.71. The van der Waals surface area contributed by atoms with Crippen LogP contribution < -0.4 is 5.32 Å². The van der Waals surface area contributed by atoms with Crippen molar-refractivity contribution < 1.29 is 9.26 Å². The maximum Gasteiger partial charge on any atom is 0.236 e. The predicted octanol–water partition coefficient (Wildman–Crippen LogP) is 1.85. The highest BCUT2D eigenvalue weighted by Crippen LogP contribution is 2.30. The fraction of sp³-hybridized carbons (Fsp3) is 0.500. The van der Waals surface area contributed by atoms with E-state index in [0.717, 1.165) is 25.3 Å². The normalized spacial score (nSPS) is 21.8. The Kier molecular flexibility index (Phi) is 4.03. The Bertz CT molecular complexity index is 603. The van der Waals surface area contributed by atoms with Crippen LogP contribution in [0.25, 0.3) is 0 Å². The van der Waals surface area contributed by atoms with Crippen LogP contribution in [0.5, 0.6) is 0 Å². The molecule has 112 valence electrons. The fourth-order valence-electron chi connectivity index (χ4n) is 2.91. The van der Waals surface area contributed by atoms with Gasteiger partial charge in [0.2, 0.25) is 5.89 Å². The summed E-state index contributed by atoms with van der Waals surface area (Å²) in [5.41, 5.74) is 2.30. The Morgan fingerprint density at radius 1 is 1.38 bits per heavy atom. The molecule has 0 bridgehead atoms. The maximum atomic E-state index is 5.54. The SMILES string of the molecule is COCC1(c2nc(Cc3ccccc3C)no2)CCNC1. The Balaban J connectivity index is 1.81. The zero-order valence-corrected chi connectivity index (χ0v) is 12.6. The topological polar surface area (TPSA) is 60.2 Å². The average Bonchev–Trinajstić information content (AvgIpc) is 3.12. The van der Waals surface area contributed by atoms with Gasteiger partial charge in [0.15, 0.2) is 5.82 Å². The van der Waals surface area contributed by atoms with Crippen molar-refractivity contribution in [2.45, 2.75) is 25.2 Å². The molecule has 1 N–H and O–H groups in total. The Morgan fingerprint density at radius 2 is 2.24 bits per heavy atom. The fourth-order valence-corrected chi connectivity index (χ4v) is 2.91. The Morgan fingerprint density at radius 3 is 2.95 bits per heavy atom. The van der Waals surface area contributed by atoms with Gasteiger partial charge in [-0.25, -0.2) is 0 Å². The smallest absolute Gasteiger partial charge is 0.236 e. The molecule has 2 aromatic rings. The number of nitrogens with zero attached hydrogens (tertiary/aromatic N) is 2. The maximum absolute atomic E-state index is 5.54. The molecular formula is C16H21N3O2. The minimum Gasteiger partial charge on any atom is -0.384 e. The van der Waals surface area contributed by atoms with Crippen LogP contribution in [0.1, 0.15) is 29.3 Å². The molecule has 1 aliphatic rings. The summed E-state index contributed by atoms with van der Waals surface area (Å²) >= 11 is 0. The molecule has 0 saturated carbocycles. The molecule has 0 radical (unpaired) electrons. The number of methoxy groups -OCH3 is 1. The lowest BCUT2D eigenvalue weighted by atomic mass is 9.88. The van der Waals surface area contributed by atoms with Crippen LogP contribution in [0.2, 0.25) is 0 Å². The van der Waals surface area contributed by atoms with E-state index in [1.165, 1.54) is 11.1 Å². The second kappa shape index (κ2) is 5.95. The zero-order valence-electron chi connectivity index (χ0n) is 12.6. The molecule has 5 nitrogen and oxygen atoms in total. The van der Waals surface area contributed by atoms with Crippen LogP contribution in [-0.2, 0) is 16.6 Å². The second-order valence-electron chi connectivity index (χ2n) is 5.76. The van der Waals surface area contributed by atoms with Crippen molar-refractivity contribution in [3.05, 3.63) is 47.1 Å². The number of rotatable bonds is 5. The summed E-state index contributed by atoms with van der Waals surface area (Å²) in [5, 5.41) is 7.51. The third kappa shape index (κ3) is 2.84. The summed E-state index contributed by atoms with van der Waals surface area (Å²) in [6.45, 7) is 4.49. The molecule has 1 aromatic carbocycles. The van der Waals surface area contributed by atoms with E-state index < -0.39 is 0 Å². The van der Waals surface area contributed by atoms with Crippen LogP contribution in [0.4, 0.5) is 0 Å². The van der Waals surface area contributed by atoms with Crippen molar-refractivity contribution >= 4 is 0 Å². The number of hydrogen-bond acceptors (Lipinski definition) is 5. The molecule has 2 heterocycles. The predicted molar refractivity (Wildman–Crippen MR) is 79.3 cm³/mol. The van der Waals surface area contributed by atoms with E-state index in [0.29, 0.717) is 18.9 Å². The lowest BCUT2D eigenvalue weighted by Gasteiger charge is -2.22. The molecule has 3 rings (SSSR count). The molecule has 0 amide bonds. The summed E-state index contributed by atoms with van der Waals surface area (Å²) < 4.78 is 10.9. The van der Waals surface area contributed by atoms with E-state index in [1.54, 1.807) is 7.11 Å². The van der Waals surface area contributed by atoms with Gasteiger partial charge in [-0.1, -0.05) is 29.4 Å². The summed E-state index contributed by atoms with van der Waals surface area (Å²) in [6, 6.07) is 8.28. The molecule has 1 atom stereocenters. The summed E-state index contributed by atoms with van der Waals surface area (Å²) in [6.07, 6.45) is 1.67. The highest BCUT2D eigenvalue weighted by Gasteiger charge is 2.41. The number of nitrogens with one attached hydrogen (secondary N) is 1. The van der Waals surface area contributed by atoms with E-state index in [2.05, 4.69) is 34.5 Å². The average molecular weight is 287 g/mol. The standard InChI is InChI=1S/C16H21N3O2/c1-12-5-3-4-6-13(12)9-14-18-15(21-19-14)16(11-20-2)7-8-17-10-16/h3-6,17H,7-11H2,1-2H3. The molecule has 1 aliphatic heterocycles. The number of aromatic nitrogens is 2. The molecular weight excluding hydrogens is 266 g/mol. The van der Waals surface area contributed by atoms with Crippen molar-refractivity contribution in [1.82, 2.24) is 15.5 Å². The quantitative estimate of drug-likeness (QED) is 0.909. The van der Waals surface area contributed by atoms with Gasteiger partial charge >= 0.3 is 0 Å². The first-order chi connectivity index (χ1) is 10.2. The monoisotopic (exact) mass is 287 g/mol. The third-order valence-corrected chi connectivity index (χ3v) is 4.20. The molecule has 0 aliphatic carbocycles. The number of aryl methyl sites for hydroxylation is 1. The van der Waals surface area contributed by atoms with Gasteiger partial charge in [0.05, 0.1) is 12.0 Å². The van der Waals surface area contributed by atoms with E-state index in [9.17, 15) is 0 Å². The van der Waals surface area contributed by atoms with Crippen LogP contribution in [0.15, 0.2) is 28.8 Å². The van der Waals surface area contributed by atoms with Gasteiger partial charge in [-0.15, -0.1) is 0 Å². The molecule has 5 heteroatoms. The first-order valence-electron chi connectivity index (χ1n) is 7.31. The highest BCUT2D eigenvalue weighted by molar-refractivity contribution is 5.28. The van der Waals surface area contributed by atoms with E-state index in [1.807, 2.05) is 12.1 Å². The first-order valence-corrected chi connectivity index (χ1v) is 7.31. The van der Waals surface area contributed by atoms with Gasteiger partial charge in [-0.05, 0) is 31.0 Å². The highest BCUT2D eigenvalue weighted by atomic mass is 16.5. The van der Waals surface area contributed by atoms with Crippen LogP contribution in [0, 0.1) is 6.92 Å². The number of benzene rings is 1. The van der Waals surface area contributed by atoms with Gasteiger partial charge in [0.25, 0.3) is 0 Å². The second-order valence-corrected chi connectivity index (χ2v) is 5.76. The molecule has 1 saturated heterocycles. The Hall–Kier alpha value is -1.72. The lowest BCUT2D eigenvalue weighted by molar-refractivity contribution is 0.117. The van der Waals surface area contributed by atoms with Gasteiger partial charge in [0, 0.05) is 20.1 Å². The van der Waals surface area contributed by atoms with Crippen LogP contribution in [-0.4, -0.2) is 36.9 Å². The van der Waals surface area contributed by atoms with Gasteiger partial charge in [-0.3, -0.25) is 0 Å². The van der Waals surface area contributed by atoms with E-state index in [4.69, 9.17) is 9.26 Å². The minimum atomic E-state index is -0.175. The van der Waals surface area contributed by atoms with E-state index >= 15 is 0 Å². The molecule has 1 fully saturated rings. The van der Waals surface area contributed by atoms with Gasteiger partial charge in [-0.2, -0.15) is 4.98 Å². The van der Waals surface area contributed by atoms with Crippen molar-refractivity contribution in [2.75, 3.05) is 26.8 Å². The largest absolute Gasteiger partial charge is 0.384 e. The summed E-state index contributed by atoms with van der Waals surface area (Å²) in [5.74, 6) is 1.43. The van der Waals surface area contributed by atoms with Crippen molar-refractivity contribution in [3.63, 3.8) is 0 Å². The zero-order chi connectivity index (χ0) is 14.7. The molecule has 21 heavy (non-hydrogen) atoms. The van der Waals surface area contributed by atoms with Crippen molar-refractivity contribution in [3.8, 4) is 0 Å². The molecule has 1 aromatic heterocycles. The number of hydrogen-bond donors (Lipinski definition) is 1. The minimum absolute atomic E-state index is 0.175. The number of ether oxygens (including phenoxy) is 1. The van der Waals surface area contributed by atoms with Gasteiger partial charge in [0.1, 0.15) is 0 Å². The first kappa shape index (κ1) is 14.2.